The third kappa shape index (κ3) is 2.63. The molecule has 0 spiro atoms. The smallest absolute Gasteiger partial charge is 0.169 e. The topological polar surface area (TPSA) is 51.2 Å². The molecule has 0 aliphatic rings. The number of nitrogens with one attached hydrogen (secondary N) is 1. The van der Waals surface area contributed by atoms with Gasteiger partial charge in [-0.05, 0) is 29.8 Å². The van der Waals surface area contributed by atoms with Gasteiger partial charge in [-0.2, -0.15) is 0 Å². The van der Waals surface area contributed by atoms with Crippen molar-refractivity contribution in [2.24, 2.45) is 5.84 Å². The third-order valence-electron chi connectivity index (χ3n) is 3.24. The van der Waals surface area contributed by atoms with Gasteiger partial charge < -0.3 is 4.42 Å². The molecule has 0 amide bonds. The predicted molar refractivity (Wildman–Crippen MR) is 81.8 cm³/mol. The number of nitrogens with two attached hydrogens (primary N) is 1. The summed E-state index contributed by atoms with van der Waals surface area (Å²) in [6, 6.07) is 11.2. The van der Waals surface area contributed by atoms with Crippen molar-refractivity contribution in [3.63, 3.8) is 0 Å². The summed E-state index contributed by atoms with van der Waals surface area (Å²) in [5.41, 5.74) is 3.62. The lowest BCUT2D eigenvalue weighted by Gasteiger charge is -2.14. The Balaban J connectivity index is 2.09. The van der Waals surface area contributed by atoms with E-state index >= 15 is 0 Å². The van der Waals surface area contributed by atoms with Crippen LogP contribution in [0.3, 0.4) is 0 Å². The van der Waals surface area contributed by atoms with Crippen LogP contribution in [0.1, 0.15) is 17.4 Å². The highest BCUT2D eigenvalue weighted by Crippen LogP contribution is 2.32. The van der Waals surface area contributed by atoms with Gasteiger partial charge in [0.25, 0.3) is 0 Å². The van der Waals surface area contributed by atoms with Crippen molar-refractivity contribution >= 4 is 34.2 Å². The van der Waals surface area contributed by atoms with E-state index < -0.39 is 11.9 Å². The fourth-order valence-electron chi connectivity index (χ4n) is 2.22. The summed E-state index contributed by atoms with van der Waals surface area (Å²) in [4.78, 5) is 0. The summed E-state index contributed by atoms with van der Waals surface area (Å²) in [6.07, 6.45) is 0. The first kappa shape index (κ1) is 14.4. The Kier molecular flexibility index (Phi) is 3.87. The molecule has 1 aromatic heterocycles. The second kappa shape index (κ2) is 5.66. The Bertz CT molecular complexity index is 803. The summed E-state index contributed by atoms with van der Waals surface area (Å²) < 4.78 is 19.3. The molecule has 21 heavy (non-hydrogen) atoms. The normalized spacial score (nSPS) is 12.8. The summed E-state index contributed by atoms with van der Waals surface area (Å²) in [6.45, 7) is 0. The molecule has 0 saturated carbocycles. The van der Waals surface area contributed by atoms with Crippen molar-refractivity contribution in [1.29, 1.82) is 0 Å². The van der Waals surface area contributed by atoms with Gasteiger partial charge in [-0.25, -0.2) is 9.82 Å². The fourth-order valence-corrected chi connectivity index (χ4v) is 2.53. The van der Waals surface area contributed by atoms with Gasteiger partial charge in [0.1, 0.15) is 11.8 Å². The van der Waals surface area contributed by atoms with Crippen molar-refractivity contribution in [2.75, 3.05) is 0 Å². The summed E-state index contributed by atoms with van der Waals surface area (Å²) in [7, 11) is 0. The van der Waals surface area contributed by atoms with Crippen molar-refractivity contribution < 1.29 is 8.81 Å². The average Bonchev–Trinajstić information content (AvgIpc) is 2.89. The number of para-hydroxylation sites is 1. The Morgan fingerprint density at radius 3 is 2.57 bits per heavy atom. The lowest BCUT2D eigenvalue weighted by atomic mass is 10.1. The molecule has 0 bridgehead atoms. The second-order valence-corrected chi connectivity index (χ2v) is 5.39. The largest absolute Gasteiger partial charge is 0.456 e. The molecular formula is C15H11Cl2FN2O. The first-order valence-corrected chi connectivity index (χ1v) is 6.95. The molecule has 0 fully saturated rings. The standard InChI is InChI=1S/C15H11Cl2FN2O/c16-10-5-4-8(6-11(10)17)14(20-19)13-7-9-2-1-3-12(18)15(9)21-13/h1-7,14,20H,19H2. The van der Waals surface area contributed by atoms with E-state index in [9.17, 15) is 4.39 Å². The van der Waals surface area contributed by atoms with Gasteiger partial charge in [0.05, 0.1) is 10.0 Å². The molecule has 1 unspecified atom stereocenters. The molecule has 3 rings (SSSR count). The predicted octanol–water partition coefficient (Wildman–Crippen LogP) is 4.43. The molecule has 3 N–H and O–H groups in total. The van der Waals surface area contributed by atoms with Crippen LogP contribution in [0.2, 0.25) is 10.0 Å². The van der Waals surface area contributed by atoms with E-state index in [-0.39, 0.29) is 5.58 Å². The van der Waals surface area contributed by atoms with Crippen LogP contribution in [0.25, 0.3) is 11.0 Å². The molecule has 0 aliphatic carbocycles. The lowest BCUT2D eigenvalue weighted by molar-refractivity contribution is 0.465. The number of hydrogen-bond acceptors (Lipinski definition) is 3. The van der Waals surface area contributed by atoms with E-state index in [1.54, 1.807) is 36.4 Å². The summed E-state index contributed by atoms with van der Waals surface area (Å²) in [5.74, 6) is 5.69. The monoisotopic (exact) mass is 324 g/mol. The van der Waals surface area contributed by atoms with E-state index in [4.69, 9.17) is 33.5 Å². The maximum Gasteiger partial charge on any atom is 0.169 e. The van der Waals surface area contributed by atoms with E-state index in [1.165, 1.54) is 6.07 Å². The fraction of sp³-hybridized carbons (Fsp3) is 0.0667. The van der Waals surface area contributed by atoms with E-state index in [0.29, 0.717) is 21.2 Å². The van der Waals surface area contributed by atoms with Crippen molar-refractivity contribution in [2.45, 2.75) is 6.04 Å². The van der Waals surface area contributed by atoms with Crippen LogP contribution in [-0.2, 0) is 0 Å². The molecule has 1 heterocycles. The van der Waals surface area contributed by atoms with Crippen LogP contribution in [0.15, 0.2) is 46.9 Å². The Labute approximate surface area is 130 Å². The van der Waals surface area contributed by atoms with Crippen molar-refractivity contribution in [1.82, 2.24) is 5.43 Å². The number of benzene rings is 2. The first-order valence-electron chi connectivity index (χ1n) is 6.19. The summed E-state index contributed by atoms with van der Waals surface area (Å²) in [5, 5.41) is 1.54. The zero-order chi connectivity index (χ0) is 15.0. The maximum atomic E-state index is 13.7. The van der Waals surface area contributed by atoms with Gasteiger partial charge in [-0.1, -0.05) is 41.4 Å². The van der Waals surface area contributed by atoms with Crippen LogP contribution in [0, 0.1) is 5.82 Å². The van der Waals surface area contributed by atoms with Crippen LogP contribution in [0.5, 0.6) is 0 Å². The maximum absolute atomic E-state index is 13.7. The van der Waals surface area contributed by atoms with Gasteiger partial charge in [0, 0.05) is 5.39 Å². The van der Waals surface area contributed by atoms with Gasteiger partial charge in [-0.3, -0.25) is 5.84 Å². The molecule has 2 aromatic carbocycles. The highest BCUT2D eigenvalue weighted by Gasteiger charge is 2.19. The Morgan fingerprint density at radius 2 is 1.90 bits per heavy atom. The number of furan rings is 1. The molecule has 0 radical (unpaired) electrons. The molecule has 6 heteroatoms. The van der Waals surface area contributed by atoms with Gasteiger partial charge in [-0.15, -0.1) is 0 Å². The molecule has 3 nitrogen and oxygen atoms in total. The van der Waals surface area contributed by atoms with Crippen molar-refractivity contribution in [3.8, 4) is 0 Å². The van der Waals surface area contributed by atoms with Crippen LogP contribution < -0.4 is 11.3 Å². The van der Waals surface area contributed by atoms with Crippen molar-refractivity contribution in [3.05, 3.63) is 69.7 Å². The Hall–Kier alpha value is -1.59. The highest BCUT2D eigenvalue weighted by molar-refractivity contribution is 6.42. The number of hydrazine groups is 1. The number of halogens is 3. The minimum Gasteiger partial charge on any atom is -0.456 e. The quantitative estimate of drug-likeness (QED) is 0.553. The third-order valence-corrected chi connectivity index (χ3v) is 3.98. The average molecular weight is 325 g/mol. The number of fused-ring (bicyclic) bond motifs is 1. The van der Waals surface area contributed by atoms with Crippen LogP contribution in [0.4, 0.5) is 4.39 Å². The SMILES string of the molecule is NNC(c1ccc(Cl)c(Cl)c1)c1cc2cccc(F)c2o1. The minimum atomic E-state index is -0.452. The number of hydrogen-bond donors (Lipinski definition) is 2. The molecule has 0 aliphatic heterocycles. The second-order valence-electron chi connectivity index (χ2n) is 4.58. The zero-order valence-corrected chi connectivity index (χ0v) is 12.3. The van der Waals surface area contributed by atoms with Gasteiger partial charge in [0.2, 0.25) is 0 Å². The van der Waals surface area contributed by atoms with Crippen LogP contribution >= 0.6 is 23.2 Å². The molecule has 108 valence electrons. The molecule has 0 saturated heterocycles. The highest BCUT2D eigenvalue weighted by atomic mass is 35.5. The minimum absolute atomic E-state index is 0.202. The molecule has 3 aromatic rings. The molecular weight excluding hydrogens is 314 g/mol. The van der Waals surface area contributed by atoms with E-state index in [0.717, 1.165) is 5.56 Å². The van der Waals surface area contributed by atoms with Crippen LogP contribution in [-0.4, -0.2) is 0 Å². The Morgan fingerprint density at radius 1 is 1.10 bits per heavy atom. The number of rotatable bonds is 3. The van der Waals surface area contributed by atoms with E-state index in [1.807, 2.05) is 0 Å². The zero-order valence-electron chi connectivity index (χ0n) is 10.7. The summed E-state index contributed by atoms with van der Waals surface area (Å²) >= 11 is 11.9. The first-order chi connectivity index (χ1) is 10.1. The van der Waals surface area contributed by atoms with E-state index in [2.05, 4.69) is 5.43 Å². The van der Waals surface area contributed by atoms with Gasteiger partial charge >= 0.3 is 0 Å². The molecule has 1 atom stereocenters. The van der Waals surface area contributed by atoms with Gasteiger partial charge in [0.15, 0.2) is 11.4 Å². The lowest BCUT2D eigenvalue weighted by Crippen LogP contribution is -2.28.